The lowest BCUT2D eigenvalue weighted by atomic mass is 9.81. The van der Waals surface area contributed by atoms with Gasteiger partial charge < -0.3 is 14.2 Å². The molecule has 0 spiro atoms. The number of nitrogens with zero attached hydrogens (tertiary/aromatic N) is 4. The second-order valence-electron chi connectivity index (χ2n) is 9.02. The van der Waals surface area contributed by atoms with Crippen LogP contribution in [0.1, 0.15) is 42.7 Å². The van der Waals surface area contributed by atoms with Gasteiger partial charge in [-0.15, -0.1) is 0 Å². The van der Waals surface area contributed by atoms with Gasteiger partial charge in [0.15, 0.2) is 0 Å². The van der Waals surface area contributed by atoms with Gasteiger partial charge in [0.25, 0.3) is 0 Å². The molecule has 2 unspecified atom stereocenters. The molecule has 5 rings (SSSR count). The minimum Gasteiger partial charge on any atom is -0.497 e. The van der Waals surface area contributed by atoms with Crippen molar-refractivity contribution in [3.8, 4) is 17.1 Å². The number of carbonyl (C=O) groups excluding carboxylic acids is 2. The van der Waals surface area contributed by atoms with E-state index in [-0.39, 0.29) is 37.0 Å². The Labute approximate surface area is 198 Å². The zero-order valence-corrected chi connectivity index (χ0v) is 19.4. The Bertz CT molecular complexity index is 1190. The Morgan fingerprint density at radius 3 is 2.65 bits per heavy atom. The molecular weight excluding hydrogens is 432 g/mol. The maximum atomic E-state index is 13.6. The fourth-order valence-electron chi connectivity index (χ4n) is 4.91. The first kappa shape index (κ1) is 22.1. The zero-order valence-electron chi connectivity index (χ0n) is 19.4. The van der Waals surface area contributed by atoms with Gasteiger partial charge in [-0.3, -0.25) is 9.69 Å². The summed E-state index contributed by atoms with van der Waals surface area (Å²) in [4.78, 5) is 34.5. The number of aromatic nitrogens is 2. The first-order valence-corrected chi connectivity index (χ1v) is 11.7. The minimum absolute atomic E-state index is 0.0749. The number of fused-ring (bicyclic) bond motifs is 1. The molecule has 0 bridgehead atoms. The Kier molecular flexibility index (Phi) is 6.04. The number of amides is 3. The summed E-state index contributed by atoms with van der Waals surface area (Å²) in [7, 11) is 1.60. The van der Waals surface area contributed by atoms with E-state index < -0.39 is 0 Å². The van der Waals surface area contributed by atoms with Gasteiger partial charge in [0.2, 0.25) is 17.6 Å². The van der Waals surface area contributed by atoms with Crippen LogP contribution in [0.5, 0.6) is 5.75 Å². The van der Waals surface area contributed by atoms with Crippen LogP contribution in [0.15, 0.2) is 53.1 Å². The molecule has 1 saturated heterocycles. The molecule has 3 aromatic rings. The molecule has 176 valence electrons. The summed E-state index contributed by atoms with van der Waals surface area (Å²) in [5.74, 6) is 1.21. The van der Waals surface area contributed by atoms with Crippen LogP contribution in [0, 0.1) is 12.8 Å². The van der Waals surface area contributed by atoms with Crippen molar-refractivity contribution in [2.75, 3.05) is 7.11 Å². The molecule has 1 aliphatic heterocycles. The van der Waals surface area contributed by atoms with Gasteiger partial charge in [-0.25, -0.2) is 4.79 Å². The van der Waals surface area contributed by atoms with Crippen molar-refractivity contribution >= 4 is 11.9 Å². The van der Waals surface area contributed by atoms with Gasteiger partial charge in [0, 0.05) is 11.6 Å². The normalized spacial score (nSPS) is 20.4. The summed E-state index contributed by atoms with van der Waals surface area (Å²) in [6, 6.07) is 14.9. The molecule has 1 aliphatic carbocycles. The number of carbonyl (C=O) groups is 2. The number of urea groups is 1. The monoisotopic (exact) mass is 460 g/mol. The molecule has 1 aromatic heterocycles. The molecule has 3 amide bonds. The van der Waals surface area contributed by atoms with Gasteiger partial charge >= 0.3 is 6.03 Å². The predicted octanol–water partition coefficient (Wildman–Crippen LogP) is 4.58. The number of methoxy groups -OCH3 is 1. The van der Waals surface area contributed by atoms with Crippen LogP contribution in [0.25, 0.3) is 11.4 Å². The van der Waals surface area contributed by atoms with E-state index in [2.05, 4.69) is 10.1 Å². The summed E-state index contributed by atoms with van der Waals surface area (Å²) in [6.45, 7) is 2.45. The smallest absolute Gasteiger partial charge is 0.327 e. The SMILES string of the molecule is COc1cccc(-c2noc(CN3C(=O)N(Cc4ccc(C)cc4)C(=O)C4CCCCC43)n2)c1. The average Bonchev–Trinajstić information content (AvgIpc) is 3.34. The summed E-state index contributed by atoms with van der Waals surface area (Å²) in [6.07, 6.45) is 3.58. The number of rotatable bonds is 6. The lowest BCUT2D eigenvalue weighted by molar-refractivity contribution is -0.141. The third kappa shape index (κ3) is 4.27. The van der Waals surface area contributed by atoms with Crippen molar-refractivity contribution in [2.45, 2.75) is 51.7 Å². The van der Waals surface area contributed by atoms with E-state index in [1.807, 2.05) is 55.5 Å². The number of ether oxygens (including phenoxy) is 1. The highest BCUT2D eigenvalue weighted by Gasteiger charge is 2.47. The van der Waals surface area contributed by atoms with Gasteiger partial charge in [0.1, 0.15) is 12.3 Å². The fraction of sp³-hybridized carbons (Fsp3) is 0.385. The molecule has 0 N–H and O–H groups in total. The molecule has 2 heterocycles. The van der Waals surface area contributed by atoms with E-state index >= 15 is 0 Å². The van der Waals surface area contributed by atoms with E-state index in [0.717, 1.165) is 42.4 Å². The van der Waals surface area contributed by atoms with E-state index in [9.17, 15) is 9.59 Å². The third-order valence-electron chi connectivity index (χ3n) is 6.75. The molecule has 34 heavy (non-hydrogen) atoms. The molecule has 2 atom stereocenters. The van der Waals surface area contributed by atoms with E-state index in [1.54, 1.807) is 12.0 Å². The Morgan fingerprint density at radius 2 is 1.85 bits per heavy atom. The van der Waals surface area contributed by atoms with Gasteiger partial charge in [0.05, 0.1) is 19.6 Å². The number of benzene rings is 2. The fourth-order valence-corrected chi connectivity index (χ4v) is 4.91. The molecule has 2 aromatic carbocycles. The Balaban J connectivity index is 1.40. The van der Waals surface area contributed by atoms with Gasteiger partial charge in [-0.2, -0.15) is 4.98 Å². The molecule has 8 nitrogen and oxygen atoms in total. The van der Waals surface area contributed by atoms with Crippen LogP contribution in [0.4, 0.5) is 4.79 Å². The molecule has 0 radical (unpaired) electrons. The highest BCUT2D eigenvalue weighted by Crippen LogP contribution is 2.36. The standard InChI is InChI=1S/C26H28N4O4/c1-17-10-12-18(13-11-17)15-30-25(31)21-8-3-4-9-22(21)29(26(30)32)16-23-27-24(28-34-23)19-6-5-7-20(14-19)33-2/h5-7,10-14,21-22H,3-4,8-9,15-16H2,1-2H3. The first-order chi connectivity index (χ1) is 16.5. The van der Waals surface area contributed by atoms with Crippen LogP contribution in [0.2, 0.25) is 0 Å². The number of aryl methyl sites for hydroxylation is 1. The Morgan fingerprint density at radius 1 is 1.06 bits per heavy atom. The number of hydrogen-bond donors (Lipinski definition) is 0. The van der Waals surface area contributed by atoms with Crippen molar-refractivity contribution < 1.29 is 18.8 Å². The van der Waals surface area contributed by atoms with Gasteiger partial charge in [-0.05, 0) is 37.5 Å². The van der Waals surface area contributed by atoms with Crippen molar-refractivity contribution in [2.24, 2.45) is 5.92 Å². The maximum Gasteiger partial charge on any atom is 0.327 e. The second-order valence-corrected chi connectivity index (χ2v) is 9.02. The van der Waals surface area contributed by atoms with Crippen molar-refractivity contribution in [3.05, 3.63) is 65.5 Å². The van der Waals surface area contributed by atoms with E-state index in [1.165, 1.54) is 4.90 Å². The Hall–Kier alpha value is -3.68. The molecular formula is C26H28N4O4. The summed E-state index contributed by atoms with van der Waals surface area (Å²) in [5.41, 5.74) is 2.84. The van der Waals surface area contributed by atoms with Crippen LogP contribution in [-0.2, 0) is 17.9 Å². The van der Waals surface area contributed by atoms with Crippen molar-refractivity contribution in [3.63, 3.8) is 0 Å². The lowest BCUT2D eigenvalue weighted by Gasteiger charge is -2.46. The summed E-state index contributed by atoms with van der Waals surface area (Å²) in [5, 5.41) is 4.11. The molecule has 2 fully saturated rings. The second kappa shape index (κ2) is 9.29. The lowest BCUT2D eigenvalue weighted by Crippen LogP contribution is -2.61. The van der Waals surface area contributed by atoms with Crippen LogP contribution < -0.4 is 4.74 Å². The molecule has 8 heteroatoms. The van der Waals surface area contributed by atoms with Crippen molar-refractivity contribution in [1.82, 2.24) is 19.9 Å². The summed E-state index contributed by atoms with van der Waals surface area (Å²) >= 11 is 0. The van der Waals surface area contributed by atoms with Crippen molar-refractivity contribution in [1.29, 1.82) is 0 Å². The highest BCUT2D eigenvalue weighted by molar-refractivity contribution is 5.98. The quantitative estimate of drug-likeness (QED) is 0.535. The van der Waals surface area contributed by atoms with Gasteiger partial charge in [-0.1, -0.05) is 60.0 Å². The van der Waals surface area contributed by atoms with Crippen LogP contribution in [0.3, 0.4) is 0 Å². The highest BCUT2D eigenvalue weighted by atomic mass is 16.5. The largest absolute Gasteiger partial charge is 0.497 e. The van der Waals surface area contributed by atoms with Crippen LogP contribution >= 0.6 is 0 Å². The first-order valence-electron chi connectivity index (χ1n) is 11.7. The third-order valence-corrected chi connectivity index (χ3v) is 6.75. The zero-order chi connectivity index (χ0) is 23.7. The van der Waals surface area contributed by atoms with Crippen LogP contribution in [-0.4, -0.2) is 45.0 Å². The average molecular weight is 461 g/mol. The molecule has 2 aliphatic rings. The van der Waals surface area contributed by atoms with E-state index in [0.29, 0.717) is 17.5 Å². The van der Waals surface area contributed by atoms with E-state index in [4.69, 9.17) is 9.26 Å². The maximum absolute atomic E-state index is 13.6. The number of hydrogen-bond acceptors (Lipinski definition) is 6. The topological polar surface area (TPSA) is 88.8 Å². The molecule has 1 saturated carbocycles. The minimum atomic E-state index is -0.296. The number of imide groups is 1. The predicted molar refractivity (Wildman–Crippen MR) is 125 cm³/mol. The summed E-state index contributed by atoms with van der Waals surface area (Å²) < 4.78 is 10.8.